The summed E-state index contributed by atoms with van der Waals surface area (Å²) in [7, 11) is 0. The van der Waals surface area contributed by atoms with Crippen LogP contribution in [0.4, 0.5) is 0 Å². The Labute approximate surface area is 101 Å². The largest absolute Gasteiger partial charge is 0.378 e. The molecule has 1 rings (SSSR count). The van der Waals surface area contributed by atoms with E-state index in [1.54, 1.807) is 0 Å². The van der Waals surface area contributed by atoms with Gasteiger partial charge >= 0.3 is 0 Å². The lowest BCUT2D eigenvalue weighted by Gasteiger charge is -2.35. The molecule has 0 spiro atoms. The van der Waals surface area contributed by atoms with E-state index in [1.807, 2.05) is 0 Å². The number of hydrogen-bond acceptors (Lipinski definition) is 3. The fourth-order valence-electron chi connectivity index (χ4n) is 2.19. The molecule has 0 radical (unpaired) electrons. The quantitative estimate of drug-likeness (QED) is 0.718. The van der Waals surface area contributed by atoms with Crippen molar-refractivity contribution in [1.82, 2.24) is 10.2 Å². The highest BCUT2D eigenvalue weighted by Gasteiger charge is 2.21. The van der Waals surface area contributed by atoms with Gasteiger partial charge in [-0.2, -0.15) is 0 Å². The molecule has 0 aromatic heterocycles. The van der Waals surface area contributed by atoms with Crippen LogP contribution >= 0.6 is 0 Å². The molecule has 1 heterocycles. The lowest BCUT2D eigenvalue weighted by molar-refractivity contribution is -0.00750. The zero-order valence-corrected chi connectivity index (χ0v) is 11.2. The first-order chi connectivity index (χ1) is 7.74. The summed E-state index contributed by atoms with van der Waals surface area (Å²) < 4.78 is 5.56. The summed E-state index contributed by atoms with van der Waals surface area (Å²) in [5.74, 6) is 0.827. The highest BCUT2D eigenvalue weighted by molar-refractivity contribution is 4.77. The third-order valence-corrected chi connectivity index (χ3v) is 3.21. The van der Waals surface area contributed by atoms with Crippen LogP contribution in [0, 0.1) is 5.92 Å². The molecular formula is C13H28N2O. The number of morpholine rings is 1. The van der Waals surface area contributed by atoms with E-state index in [4.69, 9.17) is 4.74 Å². The van der Waals surface area contributed by atoms with E-state index < -0.39 is 0 Å². The van der Waals surface area contributed by atoms with Gasteiger partial charge in [0.2, 0.25) is 0 Å². The van der Waals surface area contributed by atoms with E-state index in [0.717, 1.165) is 38.8 Å². The minimum absolute atomic E-state index is 0.584. The van der Waals surface area contributed by atoms with Crippen molar-refractivity contribution in [1.29, 1.82) is 0 Å². The first kappa shape index (κ1) is 13.9. The Morgan fingerprint density at radius 3 is 2.94 bits per heavy atom. The molecule has 16 heavy (non-hydrogen) atoms. The minimum Gasteiger partial charge on any atom is -0.378 e. The molecule has 1 aliphatic heterocycles. The fraction of sp³-hybridized carbons (Fsp3) is 1.00. The van der Waals surface area contributed by atoms with Crippen molar-refractivity contribution in [3.63, 3.8) is 0 Å². The summed E-state index contributed by atoms with van der Waals surface area (Å²) in [4.78, 5) is 2.59. The van der Waals surface area contributed by atoms with Crippen molar-refractivity contribution in [2.45, 2.75) is 39.7 Å². The van der Waals surface area contributed by atoms with Crippen molar-refractivity contribution in [3.8, 4) is 0 Å². The van der Waals surface area contributed by atoms with Crippen LogP contribution in [0.2, 0.25) is 0 Å². The molecule has 0 saturated carbocycles. The SMILES string of the molecule is CCNCC1COCCN1CCCC(C)C. The zero-order chi connectivity index (χ0) is 11.8. The van der Waals surface area contributed by atoms with E-state index >= 15 is 0 Å². The second-order valence-corrected chi connectivity index (χ2v) is 5.11. The van der Waals surface area contributed by atoms with Gasteiger partial charge in [-0.1, -0.05) is 20.8 Å². The van der Waals surface area contributed by atoms with Gasteiger partial charge < -0.3 is 10.1 Å². The van der Waals surface area contributed by atoms with Crippen molar-refractivity contribution in [2.75, 3.05) is 39.4 Å². The Bertz CT molecular complexity index is 173. The van der Waals surface area contributed by atoms with Crippen LogP contribution < -0.4 is 5.32 Å². The smallest absolute Gasteiger partial charge is 0.0634 e. The van der Waals surface area contributed by atoms with E-state index in [1.165, 1.54) is 19.4 Å². The molecule has 1 atom stereocenters. The van der Waals surface area contributed by atoms with Crippen LogP contribution in [0.1, 0.15) is 33.6 Å². The van der Waals surface area contributed by atoms with E-state index in [-0.39, 0.29) is 0 Å². The Morgan fingerprint density at radius 1 is 1.44 bits per heavy atom. The summed E-state index contributed by atoms with van der Waals surface area (Å²) in [6.45, 7) is 13.0. The second-order valence-electron chi connectivity index (χ2n) is 5.11. The Hall–Kier alpha value is -0.120. The van der Waals surface area contributed by atoms with Gasteiger partial charge in [-0.3, -0.25) is 4.90 Å². The van der Waals surface area contributed by atoms with E-state index in [2.05, 4.69) is 31.0 Å². The molecule has 0 amide bonds. The molecule has 3 heteroatoms. The average molecular weight is 228 g/mol. The lowest BCUT2D eigenvalue weighted by Crippen LogP contribution is -2.50. The predicted molar refractivity (Wildman–Crippen MR) is 68.8 cm³/mol. The number of hydrogen-bond donors (Lipinski definition) is 1. The predicted octanol–water partition coefficient (Wildman–Crippen LogP) is 1.73. The van der Waals surface area contributed by atoms with Crippen LogP contribution in [0.5, 0.6) is 0 Å². The van der Waals surface area contributed by atoms with Gasteiger partial charge in [0, 0.05) is 19.1 Å². The third kappa shape index (κ3) is 5.28. The average Bonchev–Trinajstić information content (AvgIpc) is 2.27. The molecule has 1 fully saturated rings. The number of nitrogens with zero attached hydrogens (tertiary/aromatic N) is 1. The Kier molecular flexibility index (Phi) is 7.01. The highest BCUT2D eigenvalue weighted by atomic mass is 16.5. The molecule has 96 valence electrons. The van der Waals surface area contributed by atoms with Crippen LogP contribution in [-0.2, 0) is 4.74 Å². The molecule has 1 saturated heterocycles. The normalized spacial score (nSPS) is 22.9. The maximum Gasteiger partial charge on any atom is 0.0634 e. The van der Waals surface area contributed by atoms with Gasteiger partial charge in [0.05, 0.1) is 13.2 Å². The van der Waals surface area contributed by atoms with E-state index in [0.29, 0.717) is 6.04 Å². The van der Waals surface area contributed by atoms with Crippen molar-refractivity contribution < 1.29 is 4.74 Å². The highest BCUT2D eigenvalue weighted by Crippen LogP contribution is 2.10. The summed E-state index contributed by atoms with van der Waals surface area (Å²) in [6.07, 6.45) is 2.66. The second kappa shape index (κ2) is 8.04. The maximum atomic E-state index is 5.56. The van der Waals surface area contributed by atoms with Crippen LogP contribution in [0.15, 0.2) is 0 Å². The zero-order valence-electron chi connectivity index (χ0n) is 11.2. The van der Waals surface area contributed by atoms with Gasteiger partial charge in [-0.15, -0.1) is 0 Å². The molecule has 0 bridgehead atoms. The molecule has 1 aliphatic rings. The first-order valence-electron chi connectivity index (χ1n) is 6.76. The van der Waals surface area contributed by atoms with Gasteiger partial charge in [-0.05, 0) is 31.8 Å². The number of likely N-dealkylation sites (N-methyl/N-ethyl adjacent to an activating group) is 1. The molecular weight excluding hydrogens is 200 g/mol. The number of nitrogens with one attached hydrogen (secondary N) is 1. The summed E-state index contributed by atoms with van der Waals surface area (Å²) in [5.41, 5.74) is 0. The molecule has 0 aromatic rings. The maximum absolute atomic E-state index is 5.56. The van der Waals surface area contributed by atoms with Gasteiger partial charge in [0.1, 0.15) is 0 Å². The monoisotopic (exact) mass is 228 g/mol. The summed E-state index contributed by atoms with van der Waals surface area (Å²) >= 11 is 0. The Morgan fingerprint density at radius 2 is 2.25 bits per heavy atom. The molecule has 0 aliphatic carbocycles. The van der Waals surface area contributed by atoms with Crippen LogP contribution in [0.25, 0.3) is 0 Å². The summed E-state index contributed by atoms with van der Waals surface area (Å²) in [5, 5.41) is 3.43. The molecule has 1 N–H and O–H groups in total. The van der Waals surface area contributed by atoms with Gasteiger partial charge in [0.25, 0.3) is 0 Å². The molecule has 1 unspecified atom stereocenters. The Balaban J connectivity index is 2.23. The van der Waals surface area contributed by atoms with Gasteiger partial charge in [0.15, 0.2) is 0 Å². The van der Waals surface area contributed by atoms with Crippen LogP contribution in [-0.4, -0.2) is 50.3 Å². The topological polar surface area (TPSA) is 24.5 Å². The van der Waals surface area contributed by atoms with Crippen molar-refractivity contribution in [3.05, 3.63) is 0 Å². The van der Waals surface area contributed by atoms with Crippen molar-refractivity contribution in [2.24, 2.45) is 5.92 Å². The third-order valence-electron chi connectivity index (χ3n) is 3.21. The van der Waals surface area contributed by atoms with E-state index in [9.17, 15) is 0 Å². The van der Waals surface area contributed by atoms with Crippen LogP contribution in [0.3, 0.4) is 0 Å². The molecule has 0 aromatic carbocycles. The van der Waals surface area contributed by atoms with Crippen molar-refractivity contribution >= 4 is 0 Å². The minimum atomic E-state index is 0.584. The number of rotatable bonds is 7. The summed E-state index contributed by atoms with van der Waals surface area (Å²) in [6, 6.07) is 0.584. The first-order valence-corrected chi connectivity index (χ1v) is 6.76. The lowest BCUT2D eigenvalue weighted by atomic mass is 10.1. The van der Waals surface area contributed by atoms with Gasteiger partial charge in [-0.25, -0.2) is 0 Å². The molecule has 3 nitrogen and oxygen atoms in total. The fourth-order valence-corrected chi connectivity index (χ4v) is 2.19. The number of ether oxygens (including phenoxy) is 1. The standard InChI is InChI=1S/C13H28N2O/c1-4-14-10-13-11-16-9-8-15(13)7-5-6-12(2)3/h12-14H,4-11H2,1-3H3.